The highest BCUT2D eigenvalue weighted by atomic mass is 32.1. The molecule has 0 saturated carbocycles. The van der Waals surface area contributed by atoms with Crippen molar-refractivity contribution in [1.29, 1.82) is 0 Å². The van der Waals surface area contributed by atoms with Crippen LogP contribution < -0.4 is 5.32 Å². The van der Waals surface area contributed by atoms with Gasteiger partial charge in [-0.25, -0.2) is 0 Å². The maximum absolute atomic E-state index is 6.03. The summed E-state index contributed by atoms with van der Waals surface area (Å²) in [6.45, 7) is 7.70. The van der Waals surface area contributed by atoms with E-state index < -0.39 is 0 Å². The molecule has 1 saturated heterocycles. The number of rotatable bonds is 4. The highest BCUT2D eigenvalue weighted by Gasteiger charge is 2.25. The smallest absolute Gasteiger partial charge is 0.193 e. The molecule has 0 radical (unpaired) electrons. The average molecular weight is 358 g/mol. The van der Waals surface area contributed by atoms with Gasteiger partial charge in [-0.3, -0.25) is 4.99 Å². The first-order valence-corrected chi connectivity index (χ1v) is 9.78. The molecule has 1 fully saturated rings. The van der Waals surface area contributed by atoms with Gasteiger partial charge in [-0.15, -0.1) is 0 Å². The number of hydrogen-bond donors (Lipinski definition) is 1. The van der Waals surface area contributed by atoms with Crippen LogP contribution in [-0.2, 0) is 4.74 Å². The van der Waals surface area contributed by atoms with Crippen molar-refractivity contribution in [2.45, 2.75) is 25.9 Å². The zero-order chi connectivity index (χ0) is 17.6. The van der Waals surface area contributed by atoms with Crippen molar-refractivity contribution in [2.75, 3.05) is 33.3 Å². The lowest BCUT2D eigenvalue weighted by atomic mass is 10.0. The number of nitrogens with zero attached hydrogens (tertiary/aromatic N) is 2. The highest BCUT2D eigenvalue weighted by molar-refractivity contribution is 7.07. The lowest BCUT2D eigenvalue weighted by Crippen LogP contribution is -2.48. The van der Waals surface area contributed by atoms with Crippen molar-refractivity contribution < 1.29 is 4.74 Å². The summed E-state index contributed by atoms with van der Waals surface area (Å²) in [5.41, 5.74) is 3.94. The first-order valence-electron chi connectivity index (χ1n) is 8.84. The van der Waals surface area contributed by atoms with Gasteiger partial charge in [-0.05, 0) is 46.4 Å². The van der Waals surface area contributed by atoms with Crippen LogP contribution in [0.15, 0.2) is 46.1 Å². The van der Waals surface area contributed by atoms with Crippen LogP contribution in [0, 0.1) is 6.92 Å². The lowest BCUT2D eigenvalue weighted by molar-refractivity contribution is -0.00832. The van der Waals surface area contributed by atoms with E-state index in [0.717, 1.165) is 32.2 Å². The molecule has 5 heteroatoms. The molecular formula is C20H27N3OS. The molecule has 1 aliphatic heterocycles. The zero-order valence-electron chi connectivity index (χ0n) is 15.2. The Hall–Kier alpha value is -1.85. The Morgan fingerprint density at radius 3 is 2.96 bits per heavy atom. The molecule has 2 aromatic rings. The van der Waals surface area contributed by atoms with Gasteiger partial charge in [-0.2, -0.15) is 11.3 Å². The van der Waals surface area contributed by atoms with E-state index in [1.54, 1.807) is 11.3 Å². The van der Waals surface area contributed by atoms with Crippen LogP contribution in [0.4, 0.5) is 0 Å². The largest absolute Gasteiger partial charge is 0.370 e. The second-order valence-corrected chi connectivity index (χ2v) is 7.33. The zero-order valence-corrected chi connectivity index (χ0v) is 16.1. The molecule has 0 bridgehead atoms. The van der Waals surface area contributed by atoms with Gasteiger partial charge >= 0.3 is 0 Å². The molecule has 4 nitrogen and oxygen atoms in total. The van der Waals surface area contributed by atoms with Gasteiger partial charge in [0.25, 0.3) is 0 Å². The summed E-state index contributed by atoms with van der Waals surface area (Å²) in [6.07, 6.45) is 0.0998. The van der Waals surface area contributed by atoms with E-state index in [2.05, 4.69) is 70.1 Å². The van der Waals surface area contributed by atoms with Crippen molar-refractivity contribution in [1.82, 2.24) is 10.2 Å². The Morgan fingerprint density at radius 2 is 2.24 bits per heavy atom. The predicted octanol–water partition coefficient (Wildman–Crippen LogP) is 3.81. The Bertz CT molecular complexity index is 699. The van der Waals surface area contributed by atoms with Gasteiger partial charge in [0, 0.05) is 20.1 Å². The van der Waals surface area contributed by atoms with E-state index in [1.165, 1.54) is 16.7 Å². The van der Waals surface area contributed by atoms with Gasteiger partial charge < -0.3 is 15.0 Å². The maximum atomic E-state index is 6.03. The van der Waals surface area contributed by atoms with Crippen LogP contribution in [0.25, 0.3) is 0 Å². The molecule has 2 atom stereocenters. The van der Waals surface area contributed by atoms with E-state index in [9.17, 15) is 0 Å². The van der Waals surface area contributed by atoms with E-state index in [-0.39, 0.29) is 6.10 Å². The Balaban J connectivity index is 1.62. The topological polar surface area (TPSA) is 36.9 Å². The minimum Gasteiger partial charge on any atom is -0.370 e. The van der Waals surface area contributed by atoms with Crippen LogP contribution in [0.2, 0.25) is 0 Å². The van der Waals surface area contributed by atoms with Crippen LogP contribution >= 0.6 is 11.3 Å². The first kappa shape index (κ1) is 18.0. The quantitative estimate of drug-likeness (QED) is 0.668. The molecule has 2 heterocycles. The summed E-state index contributed by atoms with van der Waals surface area (Å²) in [5, 5.41) is 7.89. The van der Waals surface area contributed by atoms with Crippen LogP contribution in [0.1, 0.15) is 35.6 Å². The summed E-state index contributed by atoms with van der Waals surface area (Å²) >= 11 is 1.75. The summed E-state index contributed by atoms with van der Waals surface area (Å²) in [5.74, 6) is 1.43. The number of hydrogen-bond acceptors (Lipinski definition) is 3. The van der Waals surface area contributed by atoms with Crippen molar-refractivity contribution in [3.8, 4) is 0 Å². The number of guanidine groups is 1. The maximum Gasteiger partial charge on any atom is 0.193 e. The third-order valence-corrected chi connectivity index (χ3v) is 5.49. The van der Waals surface area contributed by atoms with Crippen LogP contribution in [0.3, 0.4) is 0 Å². The monoisotopic (exact) mass is 357 g/mol. The molecule has 1 aromatic heterocycles. The number of thiophene rings is 1. The SMILES string of the molecule is CN=C(NCC(C)c1ccsc1)N1CCOC(c2ccccc2C)C1. The third-order valence-electron chi connectivity index (χ3n) is 4.79. The normalized spacial score (nSPS) is 19.7. The Kier molecular flexibility index (Phi) is 6.10. The molecule has 0 aliphatic carbocycles. The fourth-order valence-corrected chi connectivity index (χ4v) is 4.01. The van der Waals surface area contributed by atoms with Gasteiger partial charge in [0.2, 0.25) is 0 Å². The van der Waals surface area contributed by atoms with Crippen molar-refractivity contribution in [3.05, 3.63) is 57.8 Å². The molecule has 1 N–H and O–H groups in total. The summed E-state index contributed by atoms with van der Waals surface area (Å²) in [6, 6.07) is 10.7. The molecule has 1 aromatic carbocycles. The Labute approximate surface area is 154 Å². The van der Waals surface area contributed by atoms with Gasteiger partial charge in [-0.1, -0.05) is 31.2 Å². The standard InChI is InChI=1S/C20H27N3OS/c1-15-6-4-5-7-18(15)19-13-23(9-10-24-19)20(21-3)22-12-16(2)17-8-11-25-14-17/h4-8,11,14,16,19H,9-10,12-13H2,1-3H3,(H,21,22). The number of aliphatic imine (C=N–C) groups is 1. The van der Waals surface area contributed by atoms with Gasteiger partial charge in [0.15, 0.2) is 5.96 Å². The summed E-state index contributed by atoms with van der Waals surface area (Å²) in [4.78, 5) is 6.80. The molecule has 0 spiro atoms. The third kappa shape index (κ3) is 4.41. The number of benzene rings is 1. The first-order chi connectivity index (χ1) is 12.2. The molecule has 0 amide bonds. The van der Waals surface area contributed by atoms with Crippen molar-refractivity contribution in [2.24, 2.45) is 4.99 Å². The second kappa shape index (κ2) is 8.50. The fourth-order valence-electron chi connectivity index (χ4n) is 3.23. The lowest BCUT2D eigenvalue weighted by Gasteiger charge is -2.36. The minimum atomic E-state index is 0.0998. The molecule has 1 aliphatic rings. The van der Waals surface area contributed by atoms with E-state index in [4.69, 9.17) is 4.74 Å². The summed E-state index contributed by atoms with van der Waals surface area (Å²) < 4.78 is 6.03. The van der Waals surface area contributed by atoms with Crippen LogP contribution in [0.5, 0.6) is 0 Å². The van der Waals surface area contributed by atoms with E-state index in [0.29, 0.717) is 5.92 Å². The number of nitrogens with one attached hydrogen (secondary N) is 1. The number of aryl methyl sites for hydroxylation is 1. The van der Waals surface area contributed by atoms with Crippen molar-refractivity contribution >= 4 is 17.3 Å². The molecule has 3 rings (SSSR count). The Morgan fingerprint density at radius 1 is 1.40 bits per heavy atom. The fraction of sp³-hybridized carbons (Fsp3) is 0.450. The molecular weight excluding hydrogens is 330 g/mol. The van der Waals surface area contributed by atoms with Gasteiger partial charge in [0.05, 0.1) is 13.2 Å². The van der Waals surface area contributed by atoms with E-state index in [1.807, 2.05) is 7.05 Å². The van der Waals surface area contributed by atoms with Crippen LogP contribution in [-0.4, -0.2) is 44.1 Å². The summed E-state index contributed by atoms with van der Waals surface area (Å²) in [7, 11) is 1.86. The highest BCUT2D eigenvalue weighted by Crippen LogP contribution is 2.25. The molecule has 2 unspecified atom stereocenters. The van der Waals surface area contributed by atoms with Crippen molar-refractivity contribution in [3.63, 3.8) is 0 Å². The number of morpholine rings is 1. The number of ether oxygens (including phenoxy) is 1. The molecule has 25 heavy (non-hydrogen) atoms. The predicted molar refractivity (Wildman–Crippen MR) is 106 cm³/mol. The van der Waals surface area contributed by atoms with Gasteiger partial charge in [0.1, 0.15) is 6.10 Å². The minimum absolute atomic E-state index is 0.0998. The second-order valence-electron chi connectivity index (χ2n) is 6.55. The average Bonchev–Trinajstić information content (AvgIpc) is 3.17. The van der Waals surface area contributed by atoms with E-state index >= 15 is 0 Å². The molecule has 134 valence electrons.